The first kappa shape index (κ1) is 12.2. The standard InChI is InChI=1S/C14H9Br2FO/c15-6-8-2-1-3-11-12-5-10(17)4-9(7-16)14(12)18-13(8)11/h1-5H,6-7H2. The third-order valence-electron chi connectivity index (χ3n) is 3.01. The first-order valence-electron chi connectivity index (χ1n) is 5.49. The summed E-state index contributed by atoms with van der Waals surface area (Å²) in [7, 11) is 0. The number of halogens is 3. The fraction of sp³-hybridized carbons (Fsp3) is 0.143. The van der Waals surface area contributed by atoms with Crippen LogP contribution in [0.3, 0.4) is 0 Å². The highest BCUT2D eigenvalue weighted by Gasteiger charge is 2.14. The van der Waals surface area contributed by atoms with E-state index in [0.29, 0.717) is 5.33 Å². The van der Waals surface area contributed by atoms with Crippen LogP contribution < -0.4 is 0 Å². The first-order chi connectivity index (χ1) is 8.74. The van der Waals surface area contributed by atoms with E-state index in [1.54, 1.807) is 0 Å². The molecule has 2 aromatic carbocycles. The van der Waals surface area contributed by atoms with E-state index in [1.807, 2.05) is 18.2 Å². The van der Waals surface area contributed by atoms with E-state index >= 15 is 0 Å². The zero-order valence-corrected chi connectivity index (χ0v) is 12.5. The lowest BCUT2D eigenvalue weighted by molar-refractivity contribution is 0.623. The van der Waals surface area contributed by atoms with E-state index in [2.05, 4.69) is 31.9 Å². The number of hydrogen-bond acceptors (Lipinski definition) is 1. The molecule has 1 aromatic heterocycles. The predicted octanol–water partition coefficient (Wildman–Crippen LogP) is 5.51. The Morgan fingerprint density at radius 2 is 1.67 bits per heavy atom. The van der Waals surface area contributed by atoms with Crippen LogP contribution in [0, 0.1) is 5.82 Å². The van der Waals surface area contributed by atoms with Crippen molar-refractivity contribution in [3.8, 4) is 0 Å². The van der Waals surface area contributed by atoms with Gasteiger partial charge in [-0.3, -0.25) is 0 Å². The zero-order valence-electron chi connectivity index (χ0n) is 9.34. The lowest BCUT2D eigenvalue weighted by Crippen LogP contribution is -1.81. The van der Waals surface area contributed by atoms with Crippen LogP contribution in [0.2, 0.25) is 0 Å². The minimum Gasteiger partial charge on any atom is -0.455 e. The summed E-state index contributed by atoms with van der Waals surface area (Å²) in [4.78, 5) is 0. The third kappa shape index (κ3) is 1.79. The summed E-state index contributed by atoms with van der Waals surface area (Å²) in [5.41, 5.74) is 3.50. The molecule has 0 unspecified atom stereocenters. The second-order valence-corrected chi connectivity index (χ2v) is 5.23. The second-order valence-electron chi connectivity index (χ2n) is 4.10. The van der Waals surface area contributed by atoms with Crippen LogP contribution in [0.1, 0.15) is 11.1 Å². The number of alkyl halides is 2. The van der Waals surface area contributed by atoms with Crippen molar-refractivity contribution in [2.45, 2.75) is 10.7 Å². The van der Waals surface area contributed by atoms with E-state index in [-0.39, 0.29) is 5.82 Å². The maximum atomic E-state index is 13.6. The molecule has 92 valence electrons. The Bertz CT molecular complexity index is 733. The van der Waals surface area contributed by atoms with Gasteiger partial charge in [-0.15, -0.1) is 0 Å². The monoisotopic (exact) mass is 370 g/mol. The third-order valence-corrected chi connectivity index (χ3v) is 4.22. The molecule has 1 heterocycles. The molecule has 3 aromatic rings. The van der Waals surface area contributed by atoms with Gasteiger partial charge in [0, 0.05) is 32.6 Å². The largest absolute Gasteiger partial charge is 0.455 e. The highest BCUT2D eigenvalue weighted by atomic mass is 79.9. The lowest BCUT2D eigenvalue weighted by atomic mass is 10.1. The molecule has 0 aliphatic heterocycles. The highest BCUT2D eigenvalue weighted by molar-refractivity contribution is 9.08. The smallest absolute Gasteiger partial charge is 0.139 e. The Morgan fingerprint density at radius 3 is 2.39 bits per heavy atom. The van der Waals surface area contributed by atoms with E-state index < -0.39 is 0 Å². The number of fused-ring (bicyclic) bond motifs is 3. The van der Waals surface area contributed by atoms with Crippen LogP contribution >= 0.6 is 31.9 Å². The van der Waals surface area contributed by atoms with Crippen molar-refractivity contribution in [1.29, 1.82) is 0 Å². The molecule has 0 fully saturated rings. The van der Waals surface area contributed by atoms with Crippen molar-refractivity contribution >= 4 is 53.8 Å². The molecule has 0 atom stereocenters. The van der Waals surface area contributed by atoms with Crippen LogP contribution in [0.5, 0.6) is 0 Å². The molecule has 0 aliphatic carbocycles. The van der Waals surface area contributed by atoms with E-state index in [9.17, 15) is 4.39 Å². The van der Waals surface area contributed by atoms with Crippen molar-refractivity contribution < 1.29 is 8.81 Å². The summed E-state index contributed by atoms with van der Waals surface area (Å²) in [5.74, 6) is -0.233. The summed E-state index contributed by atoms with van der Waals surface area (Å²) >= 11 is 6.81. The van der Waals surface area contributed by atoms with Gasteiger partial charge in [0.15, 0.2) is 0 Å². The van der Waals surface area contributed by atoms with Crippen molar-refractivity contribution in [1.82, 2.24) is 0 Å². The van der Waals surface area contributed by atoms with E-state index in [1.165, 1.54) is 12.1 Å². The number of hydrogen-bond donors (Lipinski definition) is 0. The minimum atomic E-state index is -0.233. The van der Waals surface area contributed by atoms with Crippen LogP contribution in [-0.2, 0) is 10.7 Å². The summed E-state index contributed by atoms with van der Waals surface area (Å²) < 4.78 is 19.5. The molecule has 0 saturated carbocycles. The van der Waals surface area contributed by atoms with Crippen molar-refractivity contribution in [3.63, 3.8) is 0 Å². The van der Waals surface area contributed by atoms with Gasteiger partial charge in [-0.25, -0.2) is 4.39 Å². The van der Waals surface area contributed by atoms with Gasteiger partial charge in [-0.2, -0.15) is 0 Å². The topological polar surface area (TPSA) is 13.1 Å². The van der Waals surface area contributed by atoms with Gasteiger partial charge in [0.1, 0.15) is 17.0 Å². The average molecular weight is 372 g/mol. The molecule has 3 rings (SSSR count). The SMILES string of the molecule is Fc1cc(CBr)c2oc3c(CBr)cccc3c2c1. The molecule has 1 nitrogen and oxygen atoms in total. The Labute approximate surface area is 120 Å². The lowest BCUT2D eigenvalue weighted by Gasteiger charge is -1.97. The molecule has 0 N–H and O–H groups in total. The van der Waals surface area contributed by atoms with Crippen molar-refractivity contribution in [3.05, 3.63) is 47.3 Å². The van der Waals surface area contributed by atoms with Crippen LogP contribution in [0.15, 0.2) is 34.7 Å². The number of rotatable bonds is 2. The van der Waals surface area contributed by atoms with Gasteiger partial charge in [-0.1, -0.05) is 50.1 Å². The zero-order chi connectivity index (χ0) is 12.7. The van der Waals surface area contributed by atoms with Gasteiger partial charge in [0.05, 0.1) is 0 Å². The Balaban J connectivity index is 2.50. The van der Waals surface area contributed by atoms with Crippen molar-refractivity contribution in [2.75, 3.05) is 0 Å². The summed E-state index contributed by atoms with van der Waals surface area (Å²) in [6.07, 6.45) is 0. The molecular weight excluding hydrogens is 363 g/mol. The van der Waals surface area contributed by atoms with Crippen LogP contribution in [0.4, 0.5) is 4.39 Å². The summed E-state index contributed by atoms with van der Waals surface area (Å²) in [5, 5.41) is 3.09. The molecule has 0 saturated heterocycles. The molecule has 0 radical (unpaired) electrons. The normalized spacial score (nSPS) is 11.5. The maximum absolute atomic E-state index is 13.6. The summed E-state index contributed by atoms with van der Waals surface area (Å²) in [6, 6.07) is 8.97. The molecule has 18 heavy (non-hydrogen) atoms. The number of benzene rings is 2. The van der Waals surface area contributed by atoms with Gasteiger partial charge < -0.3 is 4.42 Å². The first-order valence-corrected chi connectivity index (χ1v) is 7.73. The fourth-order valence-electron chi connectivity index (χ4n) is 2.19. The predicted molar refractivity (Wildman–Crippen MR) is 78.9 cm³/mol. The summed E-state index contributed by atoms with van der Waals surface area (Å²) in [6.45, 7) is 0. The van der Waals surface area contributed by atoms with E-state index in [0.717, 1.165) is 38.4 Å². The van der Waals surface area contributed by atoms with Gasteiger partial charge in [0.25, 0.3) is 0 Å². The Morgan fingerprint density at radius 1 is 0.944 bits per heavy atom. The maximum Gasteiger partial charge on any atom is 0.139 e. The molecule has 0 bridgehead atoms. The van der Waals surface area contributed by atoms with Gasteiger partial charge in [0.2, 0.25) is 0 Å². The quantitative estimate of drug-likeness (QED) is 0.541. The fourth-order valence-corrected chi connectivity index (χ4v) is 3.05. The Hall–Kier alpha value is -0.870. The average Bonchev–Trinajstić information content (AvgIpc) is 2.76. The molecule has 0 aliphatic rings. The molecule has 0 amide bonds. The number of para-hydroxylation sites is 1. The molecule has 0 spiro atoms. The highest BCUT2D eigenvalue weighted by Crippen LogP contribution is 2.34. The van der Waals surface area contributed by atoms with Crippen LogP contribution in [-0.4, -0.2) is 0 Å². The Kier molecular flexibility index (Phi) is 3.16. The second kappa shape index (κ2) is 4.67. The number of furan rings is 1. The van der Waals surface area contributed by atoms with Crippen molar-refractivity contribution in [2.24, 2.45) is 0 Å². The van der Waals surface area contributed by atoms with Crippen LogP contribution in [0.25, 0.3) is 21.9 Å². The molecule has 4 heteroatoms. The molecular formula is C14H9Br2FO. The minimum absolute atomic E-state index is 0.233. The van der Waals surface area contributed by atoms with E-state index in [4.69, 9.17) is 4.42 Å². The van der Waals surface area contributed by atoms with Gasteiger partial charge >= 0.3 is 0 Å². The van der Waals surface area contributed by atoms with Gasteiger partial charge in [-0.05, 0) is 12.1 Å².